The van der Waals surface area contributed by atoms with Gasteiger partial charge in [0.15, 0.2) is 0 Å². The van der Waals surface area contributed by atoms with Crippen LogP contribution in [0.4, 0.5) is 0 Å². The maximum absolute atomic E-state index is 5.37. The van der Waals surface area contributed by atoms with Crippen molar-refractivity contribution in [2.75, 3.05) is 20.3 Å². The quantitative estimate of drug-likeness (QED) is 0.855. The number of thiazole rings is 1. The lowest BCUT2D eigenvalue weighted by Gasteiger charge is -2.25. The Hall–Kier alpha value is -0.450. The Morgan fingerprint density at radius 3 is 3.00 bits per heavy atom. The minimum Gasteiger partial charge on any atom is -0.381 e. The first-order chi connectivity index (χ1) is 7.40. The summed E-state index contributed by atoms with van der Waals surface area (Å²) in [6, 6.07) is 0.416. The van der Waals surface area contributed by atoms with Crippen molar-refractivity contribution in [1.82, 2.24) is 10.3 Å². The maximum atomic E-state index is 5.37. The minimum absolute atomic E-state index is 0.416. The molecule has 3 nitrogen and oxygen atoms in total. The fourth-order valence-corrected chi connectivity index (χ4v) is 2.70. The Kier molecular flexibility index (Phi) is 4.11. The van der Waals surface area contributed by atoms with E-state index in [9.17, 15) is 0 Å². The van der Waals surface area contributed by atoms with E-state index in [0.29, 0.717) is 6.04 Å². The molecule has 2 rings (SSSR count). The van der Waals surface area contributed by atoms with Crippen molar-refractivity contribution in [3.8, 4) is 0 Å². The minimum atomic E-state index is 0.416. The van der Waals surface area contributed by atoms with Crippen LogP contribution in [0, 0.1) is 5.92 Å². The predicted molar refractivity (Wildman–Crippen MR) is 62.1 cm³/mol. The molecule has 1 aromatic rings. The number of rotatable bonds is 4. The standard InChI is InChI=1S/C11H18N2OS/c1-12-10(11-7-15-8-13-11)6-9-2-4-14-5-3-9/h7-10,12H,2-6H2,1H3. The van der Waals surface area contributed by atoms with Crippen LogP contribution in [0.15, 0.2) is 10.9 Å². The van der Waals surface area contributed by atoms with Gasteiger partial charge in [-0.3, -0.25) is 0 Å². The molecule has 1 unspecified atom stereocenters. The van der Waals surface area contributed by atoms with Gasteiger partial charge in [-0.2, -0.15) is 0 Å². The molecule has 0 amide bonds. The van der Waals surface area contributed by atoms with Gasteiger partial charge in [0, 0.05) is 18.6 Å². The summed E-state index contributed by atoms with van der Waals surface area (Å²) in [4.78, 5) is 4.38. The van der Waals surface area contributed by atoms with Crippen molar-refractivity contribution < 1.29 is 4.74 Å². The van der Waals surface area contributed by atoms with E-state index in [2.05, 4.69) is 15.7 Å². The number of ether oxygens (including phenoxy) is 1. The highest BCUT2D eigenvalue weighted by Gasteiger charge is 2.20. The molecule has 1 fully saturated rings. The molecule has 4 heteroatoms. The van der Waals surface area contributed by atoms with Gasteiger partial charge in [0.05, 0.1) is 17.2 Å². The van der Waals surface area contributed by atoms with Crippen LogP contribution < -0.4 is 5.32 Å². The fourth-order valence-electron chi connectivity index (χ4n) is 2.10. The average Bonchev–Trinajstić information content (AvgIpc) is 2.81. The summed E-state index contributed by atoms with van der Waals surface area (Å²) in [5, 5.41) is 5.49. The van der Waals surface area contributed by atoms with E-state index in [1.165, 1.54) is 25.0 Å². The van der Waals surface area contributed by atoms with Gasteiger partial charge in [0.25, 0.3) is 0 Å². The lowest BCUT2D eigenvalue weighted by Crippen LogP contribution is -2.24. The highest BCUT2D eigenvalue weighted by Crippen LogP contribution is 2.27. The van der Waals surface area contributed by atoms with E-state index >= 15 is 0 Å². The molecule has 0 saturated carbocycles. The molecule has 84 valence electrons. The third kappa shape index (κ3) is 3.00. The Balaban J connectivity index is 1.90. The molecule has 0 aliphatic carbocycles. The number of aromatic nitrogens is 1. The Bertz CT molecular complexity index is 270. The molecule has 0 spiro atoms. The van der Waals surface area contributed by atoms with E-state index in [1.807, 2.05) is 12.6 Å². The number of hydrogen-bond donors (Lipinski definition) is 1. The first-order valence-electron chi connectivity index (χ1n) is 5.53. The van der Waals surface area contributed by atoms with Gasteiger partial charge in [-0.05, 0) is 32.2 Å². The van der Waals surface area contributed by atoms with Crippen LogP contribution in [0.1, 0.15) is 31.0 Å². The number of nitrogens with zero attached hydrogens (tertiary/aromatic N) is 1. The second-order valence-electron chi connectivity index (χ2n) is 4.05. The van der Waals surface area contributed by atoms with E-state index in [0.717, 1.165) is 19.1 Å². The van der Waals surface area contributed by atoms with Crippen LogP contribution in [-0.2, 0) is 4.74 Å². The van der Waals surface area contributed by atoms with Crippen molar-refractivity contribution in [2.24, 2.45) is 5.92 Å². The lowest BCUT2D eigenvalue weighted by molar-refractivity contribution is 0.0606. The first-order valence-corrected chi connectivity index (χ1v) is 6.47. The smallest absolute Gasteiger partial charge is 0.0795 e. The molecule has 1 N–H and O–H groups in total. The van der Waals surface area contributed by atoms with Crippen molar-refractivity contribution in [2.45, 2.75) is 25.3 Å². The van der Waals surface area contributed by atoms with Crippen LogP contribution in [0.5, 0.6) is 0 Å². The Morgan fingerprint density at radius 1 is 1.60 bits per heavy atom. The average molecular weight is 226 g/mol. The molecular weight excluding hydrogens is 208 g/mol. The summed E-state index contributed by atoms with van der Waals surface area (Å²) in [6.07, 6.45) is 3.58. The van der Waals surface area contributed by atoms with Gasteiger partial charge >= 0.3 is 0 Å². The highest BCUT2D eigenvalue weighted by molar-refractivity contribution is 7.07. The summed E-state index contributed by atoms with van der Waals surface area (Å²) in [6.45, 7) is 1.86. The Labute approximate surface area is 94.9 Å². The second kappa shape index (κ2) is 5.58. The van der Waals surface area contributed by atoms with E-state index < -0.39 is 0 Å². The first kappa shape index (κ1) is 11.0. The molecular formula is C11H18N2OS. The summed E-state index contributed by atoms with van der Waals surface area (Å²) in [5.41, 5.74) is 3.10. The number of nitrogens with one attached hydrogen (secondary N) is 1. The highest BCUT2D eigenvalue weighted by atomic mass is 32.1. The normalized spacial score (nSPS) is 20.3. The van der Waals surface area contributed by atoms with Crippen LogP contribution in [-0.4, -0.2) is 25.2 Å². The van der Waals surface area contributed by atoms with Crippen molar-refractivity contribution in [3.05, 3.63) is 16.6 Å². The van der Waals surface area contributed by atoms with Gasteiger partial charge in [0.2, 0.25) is 0 Å². The molecule has 0 aromatic carbocycles. The Morgan fingerprint density at radius 2 is 2.40 bits per heavy atom. The summed E-state index contributed by atoms with van der Waals surface area (Å²) in [7, 11) is 2.02. The fraction of sp³-hybridized carbons (Fsp3) is 0.727. The SMILES string of the molecule is CNC(CC1CCOCC1)c1cscn1. The topological polar surface area (TPSA) is 34.1 Å². The van der Waals surface area contributed by atoms with Gasteiger partial charge in [0.1, 0.15) is 0 Å². The molecule has 15 heavy (non-hydrogen) atoms. The monoisotopic (exact) mass is 226 g/mol. The summed E-state index contributed by atoms with van der Waals surface area (Å²) in [5.74, 6) is 0.790. The molecule has 2 heterocycles. The van der Waals surface area contributed by atoms with E-state index in [4.69, 9.17) is 4.74 Å². The molecule has 1 aliphatic heterocycles. The zero-order chi connectivity index (χ0) is 10.5. The van der Waals surface area contributed by atoms with Crippen LogP contribution in [0.25, 0.3) is 0 Å². The third-order valence-electron chi connectivity index (χ3n) is 3.07. The second-order valence-corrected chi connectivity index (χ2v) is 4.76. The van der Waals surface area contributed by atoms with Crippen LogP contribution in [0.3, 0.4) is 0 Å². The lowest BCUT2D eigenvalue weighted by atomic mass is 9.91. The third-order valence-corrected chi connectivity index (χ3v) is 3.67. The van der Waals surface area contributed by atoms with Gasteiger partial charge < -0.3 is 10.1 Å². The zero-order valence-corrected chi connectivity index (χ0v) is 9.93. The predicted octanol–water partition coefficient (Wildman–Crippen LogP) is 2.22. The molecule has 0 bridgehead atoms. The van der Waals surface area contributed by atoms with E-state index in [1.54, 1.807) is 11.3 Å². The van der Waals surface area contributed by atoms with Crippen molar-refractivity contribution >= 4 is 11.3 Å². The van der Waals surface area contributed by atoms with Gasteiger partial charge in [-0.15, -0.1) is 11.3 Å². The summed E-state index contributed by atoms with van der Waals surface area (Å²) >= 11 is 1.67. The van der Waals surface area contributed by atoms with Crippen molar-refractivity contribution in [3.63, 3.8) is 0 Å². The van der Waals surface area contributed by atoms with Crippen LogP contribution in [0.2, 0.25) is 0 Å². The molecule has 1 saturated heterocycles. The number of hydrogen-bond acceptors (Lipinski definition) is 4. The van der Waals surface area contributed by atoms with Gasteiger partial charge in [-0.1, -0.05) is 0 Å². The molecule has 1 atom stereocenters. The molecule has 0 radical (unpaired) electrons. The van der Waals surface area contributed by atoms with E-state index in [-0.39, 0.29) is 0 Å². The molecule has 1 aliphatic rings. The molecule has 1 aromatic heterocycles. The summed E-state index contributed by atoms with van der Waals surface area (Å²) < 4.78 is 5.37. The van der Waals surface area contributed by atoms with Gasteiger partial charge in [-0.25, -0.2) is 4.98 Å². The zero-order valence-electron chi connectivity index (χ0n) is 9.11. The maximum Gasteiger partial charge on any atom is 0.0795 e. The van der Waals surface area contributed by atoms with Crippen LogP contribution >= 0.6 is 11.3 Å². The largest absolute Gasteiger partial charge is 0.381 e. The van der Waals surface area contributed by atoms with Crippen molar-refractivity contribution in [1.29, 1.82) is 0 Å².